The number of amides is 1. The molecule has 0 saturated carbocycles. The molecule has 0 radical (unpaired) electrons. The zero-order chi connectivity index (χ0) is 14.8. The SMILES string of the molecule is CNC[C@@H]1CCCN(C(=O)[C@H]2Cc3cc(Cl)ccc3O2)C1. The second kappa shape index (κ2) is 6.24. The summed E-state index contributed by atoms with van der Waals surface area (Å²) in [5.74, 6) is 1.45. The average molecular weight is 309 g/mol. The minimum atomic E-state index is -0.383. The Balaban J connectivity index is 1.64. The Bertz CT molecular complexity index is 533. The summed E-state index contributed by atoms with van der Waals surface area (Å²) in [6.45, 7) is 2.64. The van der Waals surface area contributed by atoms with Crippen molar-refractivity contribution in [3.05, 3.63) is 28.8 Å². The number of hydrogen-bond donors (Lipinski definition) is 1. The summed E-state index contributed by atoms with van der Waals surface area (Å²) in [5.41, 5.74) is 1.03. The van der Waals surface area contributed by atoms with Gasteiger partial charge in [-0.15, -0.1) is 0 Å². The van der Waals surface area contributed by atoms with Gasteiger partial charge in [0.1, 0.15) is 5.75 Å². The molecule has 0 bridgehead atoms. The van der Waals surface area contributed by atoms with E-state index in [1.807, 2.05) is 24.1 Å². The van der Waals surface area contributed by atoms with Crippen molar-refractivity contribution in [3.63, 3.8) is 0 Å². The van der Waals surface area contributed by atoms with Crippen LogP contribution in [-0.2, 0) is 11.2 Å². The highest BCUT2D eigenvalue weighted by atomic mass is 35.5. The highest BCUT2D eigenvalue weighted by molar-refractivity contribution is 6.30. The molecular weight excluding hydrogens is 288 g/mol. The van der Waals surface area contributed by atoms with Gasteiger partial charge in [0.05, 0.1) is 0 Å². The van der Waals surface area contributed by atoms with Gasteiger partial charge < -0.3 is 15.0 Å². The van der Waals surface area contributed by atoms with Gasteiger partial charge in [0.25, 0.3) is 5.91 Å². The van der Waals surface area contributed by atoms with Crippen molar-refractivity contribution in [1.82, 2.24) is 10.2 Å². The van der Waals surface area contributed by atoms with Crippen LogP contribution in [0.2, 0.25) is 5.02 Å². The number of fused-ring (bicyclic) bond motifs is 1. The Kier molecular flexibility index (Phi) is 4.36. The molecule has 0 spiro atoms. The van der Waals surface area contributed by atoms with Crippen LogP contribution in [0.15, 0.2) is 18.2 Å². The van der Waals surface area contributed by atoms with Gasteiger partial charge in [-0.3, -0.25) is 4.79 Å². The van der Waals surface area contributed by atoms with Gasteiger partial charge >= 0.3 is 0 Å². The molecule has 2 aliphatic rings. The van der Waals surface area contributed by atoms with Crippen molar-refractivity contribution in [3.8, 4) is 5.75 Å². The lowest BCUT2D eigenvalue weighted by Crippen LogP contribution is -2.47. The standard InChI is InChI=1S/C16H21ClN2O2/c1-18-9-11-3-2-6-19(10-11)16(20)15-8-12-7-13(17)4-5-14(12)21-15/h4-5,7,11,15,18H,2-3,6,8-10H2,1H3/t11-,15+/m0/s1. The van der Waals surface area contributed by atoms with E-state index >= 15 is 0 Å². The lowest BCUT2D eigenvalue weighted by atomic mass is 9.97. The average Bonchev–Trinajstić information content (AvgIpc) is 2.90. The normalized spacial score (nSPS) is 24.6. The fourth-order valence-electron chi connectivity index (χ4n) is 3.28. The molecule has 3 rings (SSSR count). The fraction of sp³-hybridized carbons (Fsp3) is 0.562. The molecule has 5 heteroatoms. The molecule has 2 aliphatic heterocycles. The second-order valence-electron chi connectivity index (χ2n) is 5.91. The molecule has 0 aromatic heterocycles. The van der Waals surface area contributed by atoms with Crippen molar-refractivity contribution in [1.29, 1.82) is 0 Å². The first-order valence-corrected chi connectivity index (χ1v) is 7.93. The third kappa shape index (κ3) is 3.16. The number of carbonyl (C=O) groups excluding carboxylic acids is 1. The molecule has 1 aromatic carbocycles. The summed E-state index contributed by atoms with van der Waals surface area (Å²) >= 11 is 6.00. The molecule has 1 N–H and O–H groups in total. The molecule has 1 saturated heterocycles. The number of hydrogen-bond acceptors (Lipinski definition) is 3. The van der Waals surface area contributed by atoms with Gasteiger partial charge in [0, 0.05) is 24.5 Å². The van der Waals surface area contributed by atoms with E-state index in [9.17, 15) is 4.79 Å². The summed E-state index contributed by atoms with van der Waals surface area (Å²) in [7, 11) is 1.96. The molecule has 1 amide bonds. The quantitative estimate of drug-likeness (QED) is 0.930. The van der Waals surface area contributed by atoms with Gasteiger partial charge in [0.15, 0.2) is 6.10 Å². The van der Waals surface area contributed by atoms with E-state index in [1.165, 1.54) is 6.42 Å². The van der Waals surface area contributed by atoms with Crippen molar-refractivity contribution in [2.45, 2.75) is 25.4 Å². The lowest BCUT2D eigenvalue weighted by molar-refractivity contribution is -0.139. The molecule has 1 fully saturated rings. The predicted molar refractivity (Wildman–Crippen MR) is 82.8 cm³/mol. The Morgan fingerprint density at radius 2 is 2.38 bits per heavy atom. The van der Waals surface area contributed by atoms with Crippen LogP contribution in [0.4, 0.5) is 0 Å². The molecule has 21 heavy (non-hydrogen) atoms. The Morgan fingerprint density at radius 1 is 1.52 bits per heavy atom. The van der Waals surface area contributed by atoms with Crippen LogP contribution in [0.5, 0.6) is 5.75 Å². The molecule has 0 aliphatic carbocycles. The maximum absolute atomic E-state index is 12.7. The first-order chi connectivity index (χ1) is 10.2. The van der Waals surface area contributed by atoms with Crippen molar-refractivity contribution < 1.29 is 9.53 Å². The molecule has 1 aromatic rings. The predicted octanol–water partition coefficient (Wildman–Crippen LogP) is 2.10. The van der Waals surface area contributed by atoms with Crippen LogP contribution < -0.4 is 10.1 Å². The molecule has 4 nitrogen and oxygen atoms in total. The largest absolute Gasteiger partial charge is 0.480 e. The smallest absolute Gasteiger partial charge is 0.264 e. The van der Waals surface area contributed by atoms with Crippen LogP contribution in [0, 0.1) is 5.92 Å². The van der Waals surface area contributed by atoms with Gasteiger partial charge in [-0.2, -0.15) is 0 Å². The highest BCUT2D eigenvalue weighted by Gasteiger charge is 2.34. The number of nitrogens with one attached hydrogen (secondary N) is 1. The van der Waals surface area contributed by atoms with Crippen LogP contribution in [-0.4, -0.2) is 43.6 Å². The number of benzene rings is 1. The lowest BCUT2D eigenvalue weighted by Gasteiger charge is -2.34. The Morgan fingerprint density at radius 3 is 3.19 bits per heavy atom. The summed E-state index contributed by atoms with van der Waals surface area (Å²) in [5, 5.41) is 3.90. The van der Waals surface area contributed by atoms with E-state index in [4.69, 9.17) is 16.3 Å². The number of likely N-dealkylation sites (tertiary alicyclic amines) is 1. The topological polar surface area (TPSA) is 41.6 Å². The number of carbonyl (C=O) groups is 1. The first-order valence-electron chi connectivity index (χ1n) is 7.56. The molecule has 114 valence electrons. The number of ether oxygens (including phenoxy) is 1. The van der Waals surface area contributed by atoms with E-state index in [2.05, 4.69) is 5.32 Å². The first kappa shape index (κ1) is 14.7. The van der Waals surface area contributed by atoms with Crippen LogP contribution >= 0.6 is 11.6 Å². The van der Waals surface area contributed by atoms with Crippen LogP contribution in [0.25, 0.3) is 0 Å². The number of rotatable bonds is 3. The summed E-state index contributed by atoms with van der Waals surface area (Å²) < 4.78 is 5.81. The van der Waals surface area contributed by atoms with Crippen molar-refractivity contribution in [2.24, 2.45) is 5.92 Å². The maximum Gasteiger partial charge on any atom is 0.264 e. The highest BCUT2D eigenvalue weighted by Crippen LogP contribution is 2.32. The second-order valence-corrected chi connectivity index (χ2v) is 6.35. The zero-order valence-electron chi connectivity index (χ0n) is 12.3. The van der Waals surface area contributed by atoms with E-state index in [-0.39, 0.29) is 12.0 Å². The van der Waals surface area contributed by atoms with E-state index < -0.39 is 0 Å². The number of halogens is 1. The maximum atomic E-state index is 12.7. The van der Waals surface area contributed by atoms with E-state index in [0.29, 0.717) is 17.4 Å². The van der Waals surface area contributed by atoms with Crippen LogP contribution in [0.1, 0.15) is 18.4 Å². The van der Waals surface area contributed by atoms with Gasteiger partial charge in [0.2, 0.25) is 0 Å². The number of nitrogens with zero attached hydrogens (tertiary/aromatic N) is 1. The summed E-state index contributed by atoms with van der Waals surface area (Å²) in [4.78, 5) is 14.6. The summed E-state index contributed by atoms with van der Waals surface area (Å²) in [6.07, 6.45) is 2.50. The molecule has 2 atom stereocenters. The minimum absolute atomic E-state index is 0.114. The Hall–Kier alpha value is -1.26. The minimum Gasteiger partial charge on any atom is -0.480 e. The fourth-order valence-corrected chi connectivity index (χ4v) is 3.47. The third-order valence-corrected chi connectivity index (χ3v) is 4.53. The van der Waals surface area contributed by atoms with Gasteiger partial charge in [-0.1, -0.05) is 11.6 Å². The van der Waals surface area contributed by atoms with Gasteiger partial charge in [-0.05, 0) is 56.1 Å². The van der Waals surface area contributed by atoms with Crippen molar-refractivity contribution in [2.75, 3.05) is 26.7 Å². The monoisotopic (exact) mass is 308 g/mol. The summed E-state index contributed by atoms with van der Waals surface area (Å²) in [6, 6.07) is 5.55. The van der Waals surface area contributed by atoms with Crippen molar-refractivity contribution >= 4 is 17.5 Å². The van der Waals surface area contributed by atoms with Crippen LogP contribution in [0.3, 0.4) is 0 Å². The van der Waals surface area contributed by atoms with E-state index in [1.54, 1.807) is 6.07 Å². The van der Waals surface area contributed by atoms with E-state index in [0.717, 1.165) is 37.4 Å². The zero-order valence-corrected chi connectivity index (χ0v) is 13.0. The number of piperidine rings is 1. The molecular formula is C16H21ClN2O2. The Labute approximate surface area is 130 Å². The molecule has 2 heterocycles. The van der Waals surface area contributed by atoms with Gasteiger partial charge in [-0.25, -0.2) is 0 Å². The third-order valence-electron chi connectivity index (χ3n) is 4.30. The molecule has 0 unspecified atom stereocenters.